The number of rotatable bonds is 4. The van der Waals surface area contributed by atoms with Crippen molar-refractivity contribution in [1.82, 2.24) is 9.80 Å². The molecule has 0 unspecified atom stereocenters. The van der Waals surface area contributed by atoms with Crippen LogP contribution in [0.3, 0.4) is 0 Å². The maximum atomic E-state index is 13.0. The number of nitrogens with zero attached hydrogens (tertiary/aromatic N) is 2. The fraction of sp³-hybridized carbons (Fsp3) is 0.333. The van der Waals surface area contributed by atoms with Gasteiger partial charge < -0.3 is 15.1 Å². The van der Waals surface area contributed by atoms with Gasteiger partial charge in [-0.3, -0.25) is 4.79 Å². The second-order valence-corrected chi connectivity index (χ2v) is 9.84. The molecular weight excluding hydrogens is 409 g/mol. The number of piperazine rings is 1. The third kappa shape index (κ3) is 4.79. The molecule has 1 heterocycles. The highest BCUT2D eigenvalue weighted by molar-refractivity contribution is 7.92. The Bertz CT molecular complexity index is 1010. The molecule has 0 saturated carbocycles. The average Bonchev–Trinajstić information content (AvgIpc) is 2.75. The van der Waals surface area contributed by atoms with E-state index in [4.69, 9.17) is 0 Å². The molecule has 2 aromatic carbocycles. The Balaban J connectivity index is 1.57. The number of nitrogens with one attached hydrogen (secondary N) is 1. The van der Waals surface area contributed by atoms with Crippen LogP contribution in [-0.2, 0) is 9.84 Å². The number of sulfone groups is 1. The van der Waals surface area contributed by atoms with Gasteiger partial charge in [0, 0.05) is 37.4 Å². The predicted octanol–water partition coefficient (Wildman–Crippen LogP) is 3.00. The molecule has 2 aromatic rings. The molecule has 7 nitrogen and oxygen atoms in total. The van der Waals surface area contributed by atoms with Crippen LogP contribution in [0.5, 0.6) is 0 Å². The summed E-state index contributed by atoms with van der Waals surface area (Å²) < 4.78 is 37.4. The lowest BCUT2D eigenvalue weighted by atomic mass is 10.2. The minimum atomic E-state index is -3.39. The highest BCUT2D eigenvalue weighted by atomic mass is 32.2. The van der Waals surface area contributed by atoms with Crippen molar-refractivity contribution in [3.63, 3.8) is 0 Å². The lowest BCUT2D eigenvalue weighted by Gasteiger charge is -2.34. The van der Waals surface area contributed by atoms with E-state index >= 15 is 0 Å². The summed E-state index contributed by atoms with van der Waals surface area (Å²) in [6.07, 6.45) is 0. The highest BCUT2D eigenvalue weighted by Gasteiger charge is 2.26. The molecule has 160 valence electrons. The molecule has 1 aliphatic heterocycles. The summed E-state index contributed by atoms with van der Waals surface area (Å²) in [7, 11) is -3.39. The van der Waals surface area contributed by atoms with Gasteiger partial charge in [-0.05, 0) is 62.4 Å². The van der Waals surface area contributed by atoms with Crippen LogP contribution in [0.25, 0.3) is 0 Å². The molecule has 0 atom stereocenters. The van der Waals surface area contributed by atoms with Gasteiger partial charge in [-0.2, -0.15) is 0 Å². The van der Waals surface area contributed by atoms with Crippen molar-refractivity contribution in [2.45, 2.75) is 24.0 Å². The van der Waals surface area contributed by atoms with Crippen molar-refractivity contribution in [3.8, 4) is 0 Å². The fourth-order valence-electron chi connectivity index (χ4n) is 3.09. The fourth-order valence-corrected chi connectivity index (χ4v) is 4.15. The maximum absolute atomic E-state index is 13.0. The molecule has 1 N–H and O–H groups in total. The Morgan fingerprint density at radius 3 is 1.97 bits per heavy atom. The van der Waals surface area contributed by atoms with Crippen LogP contribution in [0.1, 0.15) is 24.2 Å². The van der Waals surface area contributed by atoms with Gasteiger partial charge in [0.1, 0.15) is 5.82 Å². The molecule has 3 amide bonds. The molecule has 0 aliphatic carbocycles. The van der Waals surface area contributed by atoms with Crippen LogP contribution < -0.4 is 5.32 Å². The summed E-state index contributed by atoms with van der Waals surface area (Å²) in [5.74, 6) is -0.586. The number of hydrogen-bond donors (Lipinski definition) is 1. The number of halogens is 1. The van der Waals surface area contributed by atoms with E-state index in [0.717, 1.165) is 0 Å². The predicted molar refractivity (Wildman–Crippen MR) is 112 cm³/mol. The molecule has 1 fully saturated rings. The summed E-state index contributed by atoms with van der Waals surface area (Å²) in [5, 5.41) is 2.17. The molecule has 30 heavy (non-hydrogen) atoms. The summed E-state index contributed by atoms with van der Waals surface area (Å²) in [5.41, 5.74) is 0.901. The van der Waals surface area contributed by atoms with E-state index in [0.29, 0.717) is 37.4 Å². The Kier molecular flexibility index (Phi) is 6.40. The van der Waals surface area contributed by atoms with Gasteiger partial charge in [0.15, 0.2) is 9.84 Å². The number of amides is 3. The third-order valence-corrected chi connectivity index (χ3v) is 7.17. The molecule has 0 spiro atoms. The van der Waals surface area contributed by atoms with Crippen LogP contribution in [0, 0.1) is 5.82 Å². The van der Waals surface area contributed by atoms with E-state index in [-0.39, 0.29) is 22.7 Å². The second kappa shape index (κ2) is 8.83. The first kappa shape index (κ1) is 21.8. The molecule has 9 heteroatoms. The second-order valence-electron chi connectivity index (χ2n) is 7.33. The molecule has 1 aliphatic rings. The molecule has 3 rings (SSSR count). The summed E-state index contributed by atoms with van der Waals surface area (Å²) >= 11 is 0. The number of benzene rings is 2. The van der Waals surface area contributed by atoms with Crippen LogP contribution in [0.4, 0.5) is 14.9 Å². The van der Waals surface area contributed by atoms with Gasteiger partial charge in [0.2, 0.25) is 0 Å². The Morgan fingerprint density at radius 1 is 0.900 bits per heavy atom. The Morgan fingerprint density at radius 2 is 1.43 bits per heavy atom. The molecule has 0 aromatic heterocycles. The van der Waals surface area contributed by atoms with Gasteiger partial charge in [-0.15, -0.1) is 0 Å². The number of anilines is 1. The Labute approximate surface area is 175 Å². The van der Waals surface area contributed by atoms with Gasteiger partial charge in [-0.25, -0.2) is 17.6 Å². The zero-order valence-electron chi connectivity index (χ0n) is 16.8. The van der Waals surface area contributed by atoms with E-state index < -0.39 is 15.1 Å². The first-order chi connectivity index (χ1) is 14.2. The SMILES string of the molecule is CC(C)S(=O)(=O)c1ccc(C(=O)N2CCN(C(=O)Nc3ccc(F)cc3)CC2)cc1. The zero-order chi connectivity index (χ0) is 21.9. The topological polar surface area (TPSA) is 86.8 Å². The quantitative estimate of drug-likeness (QED) is 0.803. The average molecular weight is 434 g/mol. The van der Waals surface area contributed by atoms with E-state index in [9.17, 15) is 22.4 Å². The van der Waals surface area contributed by atoms with E-state index in [1.165, 1.54) is 48.5 Å². The maximum Gasteiger partial charge on any atom is 0.321 e. The van der Waals surface area contributed by atoms with Crippen molar-refractivity contribution in [1.29, 1.82) is 0 Å². The van der Waals surface area contributed by atoms with Crippen molar-refractivity contribution in [2.24, 2.45) is 0 Å². The first-order valence-electron chi connectivity index (χ1n) is 9.63. The molecular formula is C21H24FN3O4S. The largest absolute Gasteiger partial charge is 0.335 e. The third-order valence-electron chi connectivity index (χ3n) is 5.00. The summed E-state index contributed by atoms with van der Waals surface area (Å²) in [4.78, 5) is 28.5. The van der Waals surface area contributed by atoms with Gasteiger partial charge in [-0.1, -0.05) is 0 Å². The minimum absolute atomic E-state index is 0.191. The van der Waals surface area contributed by atoms with Crippen molar-refractivity contribution < 1.29 is 22.4 Å². The van der Waals surface area contributed by atoms with Crippen LogP contribution >= 0.6 is 0 Å². The molecule has 1 saturated heterocycles. The van der Waals surface area contributed by atoms with E-state index in [1.54, 1.807) is 23.6 Å². The lowest BCUT2D eigenvalue weighted by molar-refractivity contribution is 0.0671. The van der Waals surface area contributed by atoms with Crippen molar-refractivity contribution >= 4 is 27.5 Å². The van der Waals surface area contributed by atoms with Crippen LogP contribution in [0.15, 0.2) is 53.4 Å². The number of hydrogen-bond acceptors (Lipinski definition) is 4. The number of carbonyl (C=O) groups excluding carboxylic acids is 2. The highest BCUT2D eigenvalue weighted by Crippen LogP contribution is 2.18. The number of urea groups is 1. The van der Waals surface area contributed by atoms with E-state index in [1.807, 2.05) is 0 Å². The Hall–Kier alpha value is -2.94. The van der Waals surface area contributed by atoms with Gasteiger partial charge in [0.25, 0.3) is 5.91 Å². The lowest BCUT2D eigenvalue weighted by Crippen LogP contribution is -2.51. The van der Waals surface area contributed by atoms with Crippen LogP contribution in [0.2, 0.25) is 0 Å². The van der Waals surface area contributed by atoms with Crippen LogP contribution in [-0.4, -0.2) is 61.6 Å². The van der Waals surface area contributed by atoms with Crippen molar-refractivity contribution in [3.05, 3.63) is 59.9 Å². The first-order valence-corrected chi connectivity index (χ1v) is 11.2. The molecule has 0 bridgehead atoms. The smallest absolute Gasteiger partial charge is 0.321 e. The standard InChI is InChI=1S/C21H24FN3O4S/c1-15(2)30(28,29)19-9-3-16(4-10-19)20(26)24-11-13-25(14-12-24)21(27)23-18-7-5-17(22)6-8-18/h3-10,15H,11-14H2,1-2H3,(H,23,27). The van der Waals surface area contributed by atoms with Gasteiger partial charge in [0.05, 0.1) is 10.1 Å². The van der Waals surface area contributed by atoms with E-state index in [2.05, 4.69) is 5.32 Å². The zero-order valence-corrected chi connectivity index (χ0v) is 17.7. The number of carbonyl (C=O) groups is 2. The summed E-state index contributed by atoms with van der Waals surface area (Å²) in [6, 6.07) is 11.1. The monoisotopic (exact) mass is 433 g/mol. The van der Waals surface area contributed by atoms with Crippen molar-refractivity contribution in [2.75, 3.05) is 31.5 Å². The molecule has 0 radical (unpaired) electrons. The summed E-state index contributed by atoms with van der Waals surface area (Å²) in [6.45, 7) is 4.67. The minimum Gasteiger partial charge on any atom is -0.335 e. The normalized spacial score (nSPS) is 14.7. The van der Waals surface area contributed by atoms with Gasteiger partial charge >= 0.3 is 6.03 Å².